The van der Waals surface area contributed by atoms with E-state index in [1.54, 1.807) is 6.08 Å². The Hall–Kier alpha value is -1.54. The molecule has 3 unspecified atom stereocenters. The van der Waals surface area contributed by atoms with Crippen LogP contribution in [0.1, 0.15) is 187 Å². The smallest absolute Gasteiger partial charge is 0.387 e. The van der Waals surface area contributed by atoms with Crippen LogP contribution in [0.25, 0.3) is 0 Å². The number of aliphatic hydroxyl groups is 1. The van der Waals surface area contributed by atoms with E-state index in [1.165, 1.54) is 103 Å². The third kappa shape index (κ3) is 40.5. The van der Waals surface area contributed by atoms with E-state index >= 15 is 0 Å². The molecule has 0 fully saturated rings. The van der Waals surface area contributed by atoms with Crippen molar-refractivity contribution in [1.29, 1.82) is 0 Å². The molecule has 0 saturated heterocycles. The molecule has 9 heteroatoms. The van der Waals surface area contributed by atoms with Gasteiger partial charge in [-0.15, -0.1) is 0 Å². The normalized spacial score (nSPS) is 14.8. The first-order valence-electron chi connectivity index (χ1n) is 22.5. The lowest BCUT2D eigenvalue weighted by molar-refractivity contribution is -0.870. The summed E-state index contributed by atoms with van der Waals surface area (Å²) in [6.45, 7) is 4.77. The van der Waals surface area contributed by atoms with Crippen LogP contribution in [0, 0.1) is 0 Å². The highest BCUT2D eigenvalue weighted by atomic mass is 31.2. The standard InChI is InChI=1S/C46H87N2O6P/c1-6-8-10-12-14-16-18-20-21-22-23-24-25-26-27-28-30-32-34-36-38-40-46(50)47-44(43-54-55(51,52)53-42-41-48(3,4)5)45(49)39-37-35-33-31-29-19-17-15-13-11-9-7-2/h18,20,22-23,25-26,37,39,44-45,49H,6-17,19,21,24,27-36,38,40-43H2,1-5H3,(H-,47,50,51,52)/p+1/b20-18-,23-22-,26-25-,39-37+. The van der Waals surface area contributed by atoms with Crippen LogP contribution in [0.5, 0.6) is 0 Å². The Balaban J connectivity index is 4.40. The van der Waals surface area contributed by atoms with Gasteiger partial charge in [-0.05, 0) is 57.8 Å². The third-order valence-corrected chi connectivity index (χ3v) is 10.8. The highest BCUT2D eigenvalue weighted by Gasteiger charge is 2.27. The molecule has 55 heavy (non-hydrogen) atoms. The summed E-state index contributed by atoms with van der Waals surface area (Å²) in [6.07, 6.45) is 47.4. The molecular weight excluding hydrogens is 707 g/mol. The van der Waals surface area contributed by atoms with Gasteiger partial charge in [-0.3, -0.25) is 13.8 Å². The first-order chi connectivity index (χ1) is 26.5. The lowest BCUT2D eigenvalue weighted by Gasteiger charge is -2.25. The molecule has 3 atom stereocenters. The van der Waals surface area contributed by atoms with Gasteiger partial charge in [0, 0.05) is 6.42 Å². The minimum absolute atomic E-state index is 0.0571. The van der Waals surface area contributed by atoms with E-state index in [4.69, 9.17) is 9.05 Å². The van der Waals surface area contributed by atoms with Crippen LogP contribution in [0.4, 0.5) is 0 Å². The first-order valence-corrected chi connectivity index (χ1v) is 24.0. The number of nitrogens with one attached hydrogen (secondary N) is 1. The topological polar surface area (TPSA) is 105 Å². The van der Waals surface area contributed by atoms with Gasteiger partial charge in [0.15, 0.2) is 0 Å². The lowest BCUT2D eigenvalue weighted by Crippen LogP contribution is -2.45. The highest BCUT2D eigenvalue weighted by Crippen LogP contribution is 2.43. The Morgan fingerprint density at radius 2 is 1.04 bits per heavy atom. The number of aliphatic hydroxyl groups excluding tert-OH is 1. The summed E-state index contributed by atoms with van der Waals surface area (Å²) in [6, 6.07) is -0.853. The number of phosphoric acid groups is 1. The fraction of sp³-hybridized carbons (Fsp3) is 0.804. The SMILES string of the molecule is CCCCCCC/C=C\C/C=C\C/C=C\CCCCCCCCC(=O)NC(COP(=O)(O)OCC[N+](C)(C)C)C(O)/C=C/CCCCCCCCCCCC. The van der Waals surface area contributed by atoms with Gasteiger partial charge < -0.3 is 19.8 Å². The second kappa shape index (κ2) is 38.0. The van der Waals surface area contributed by atoms with Crippen LogP contribution < -0.4 is 5.32 Å². The van der Waals surface area contributed by atoms with Crippen molar-refractivity contribution in [3.63, 3.8) is 0 Å². The second-order valence-electron chi connectivity index (χ2n) is 16.4. The molecule has 1 amide bonds. The second-order valence-corrected chi connectivity index (χ2v) is 17.9. The number of quaternary nitrogens is 1. The molecule has 0 aliphatic rings. The van der Waals surface area contributed by atoms with E-state index < -0.39 is 20.0 Å². The zero-order valence-electron chi connectivity index (χ0n) is 36.4. The maximum Gasteiger partial charge on any atom is 0.472 e. The number of amides is 1. The summed E-state index contributed by atoms with van der Waals surface area (Å²) in [4.78, 5) is 23.1. The van der Waals surface area contributed by atoms with E-state index in [-0.39, 0.29) is 19.1 Å². The predicted octanol–water partition coefficient (Wildman–Crippen LogP) is 12.5. The van der Waals surface area contributed by atoms with E-state index in [0.29, 0.717) is 17.4 Å². The fourth-order valence-electron chi connectivity index (χ4n) is 6.16. The molecule has 0 aliphatic carbocycles. The molecule has 0 saturated carbocycles. The summed E-state index contributed by atoms with van der Waals surface area (Å²) < 4.78 is 23.5. The summed E-state index contributed by atoms with van der Waals surface area (Å²) >= 11 is 0. The monoisotopic (exact) mass is 796 g/mol. The molecular formula is C46H88N2O6P+. The predicted molar refractivity (Wildman–Crippen MR) is 235 cm³/mol. The molecule has 0 radical (unpaired) electrons. The number of phosphoric ester groups is 1. The van der Waals surface area contributed by atoms with E-state index in [0.717, 1.165) is 64.2 Å². The van der Waals surface area contributed by atoms with Crippen LogP contribution in [-0.4, -0.2) is 73.4 Å². The van der Waals surface area contributed by atoms with Crippen molar-refractivity contribution in [2.75, 3.05) is 40.9 Å². The Labute approximate surface area is 339 Å². The average Bonchev–Trinajstić information content (AvgIpc) is 3.13. The van der Waals surface area contributed by atoms with Crippen molar-refractivity contribution in [2.24, 2.45) is 0 Å². The summed E-state index contributed by atoms with van der Waals surface area (Å²) in [5.41, 5.74) is 0. The van der Waals surface area contributed by atoms with E-state index in [2.05, 4.69) is 55.6 Å². The number of hydrogen-bond acceptors (Lipinski definition) is 5. The van der Waals surface area contributed by atoms with Gasteiger partial charge in [0.05, 0.1) is 39.9 Å². The number of carbonyl (C=O) groups is 1. The van der Waals surface area contributed by atoms with Gasteiger partial charge in [0.25, 0.3) is 0 Å². The molecule has 0 rings (SSSR count). The molecule has 0 aromatic rings. The number of likely N-dealkylation sites (N-methyl/N-ethyl adjacent to an activating group) is 1. The van der Waals surface area contributed by atoms with Crippen LogP contribution in [-0.2, 0) is 18.4 Å². The molecule has 0 spiro atoms. The Morgan fingerprint density at radius 3 is 1.51 bits per heavy atom. The van der Waals surface area contributed by atoms with Crippen molar-refractivity contribution in [1.82, 2.24) is 5.32 Å². The summed E-state index contributed by atoms with van der Waals surface area (Å²) in [7, 11) is 1.56. The number of allylic oxidation sites excluding steroid dienone is 7. The third-order valence-electron chi connectivity index (χ3n) is 9.79. The van der Waals surface area contributed by atoms with Gasteiger partial charge in [-0.1, -0.05) is 172 Å². The number of rotatable bonds is 40. The Bertz CT molecular complexity index is 1040. The number of hydrogen-bond donors (Lipinski definition) is 3. The maximum absolute atomic E-state index is 12.9. The van der Waals surface area contributed by atoms with Crippen LogP contribution in [0.3, 0.4) is 0 Å². The van der Waals surface area contributed by atoms with Crippen molar-refractivity contribution in [3.8, 4) is 0 Å². The van der Waals surface area contributed by atoms with Gasteiger partial charge in [-0.2, -0.15) is 0 Å². The minimum atomic E-state index is -4.34. The molecule has 8 nitrogen and oxygen atoms in total. The summed E-state index contributed by atoms with van der Waals surface area (Å²) in [5.74, 6) is -0.192. The molecule has 3 N–H and O–H groups in total. The molecule has 0 aromatic heterocycles. The van der Waals surface area contributed by atoms with Gasteiger partial charge in [0.2, 0.25) is 5.91 Å². The van der Waals surface area contributed by atoms with Gasteiger partial charge in [0.1, 0.15) is 13.2 Å². The Morgan fingerprint density at radius 1 is 0.618 bits per heavy atom. The quantitative estimate of drug-likeness (QED) is 0.0247. The molecule has 0 aliphatic heterocycles. The maximum atomic E-state index is 12.9. The molecule has 0 heterocycles. The zero-order valence-corrected chi connectivity index (χ0v) is 37.3. The summed E-state index contributed by atoms with van der Waals surface area (Å²) in [5, 5.41) is 13.8. The molecule has 0 aromatic carbocycles. The van der Waals surface area contributed by atoms with Crippen molar-refractivity contribution < 1.29 is 32.9 Å². The number of carbonyl (C=O) groups excluding carboxylic acids is 1. The average molecular weight is 796 g/mol. The minimum Gasteiger partial charge on any atom is -0.387 e. The molecule has 0 bridgehead atoms. The highest BCUT2D eigenvalue weighted by molar-refractivity contribution is 7.47. The number of unbranched alkanes of at least 4 members (excludes halogenated alkanes) is 21. The van der Waals surface area contributed by atoms with E-state index in [9.17, 15) is 19.4 Å². The van der Waals surface area contributed by atoms with Crippen molar-refractivity contribution >= 4 is 13.7 Å². The van der Waals surface area contributed by atoms with Crippen LogP contribution >= 0.6 is 7.82 Å². The van der Waals surface area contributed by atoms with Crippen LogP contribution in [0.15, 0.2) is 48.6 Å². The zero-order chi connectivity index (χ0) is 40.7. The van der Waals surface area contributed by atoms with E-state index in [1.807, 2.05) is 27.2 Å². The van der Waals surface area contributed by atoms with Crippen molar-refractivity contribution in [2.45, 2.75) is 199 Å². The van der Waals surface area contributed by atoms with Gasteiger partial charge in [-0.25, -0.2) is 4.57 Å². The lowest BCUT2D eigenvalue weighted by atomic mass is 10.1. The number of nitrogens with zero attached hydrogens (tertiary/aromatic N) is 1. The van der Waals surface area contributed by atoms with Gasteiger partial charge >= 0.3 is 7.82 Å². The van der Waals surface area contributed by atoms with Crippen molar-refractivity contribution in [3.05, 3.63) is 48.6 Å². The van der Waals surface area contributed by atoms with Crippen LogP contribution in [0.2, 0.25) is 0 Å². The molecule has 322 valence electrons. The Kier molecular flexibility index (Phi) is 36.9. The largest absolute Gasteiger partial charge is 0.472 e. The first kappa shape index (κ1) is 53.5. The fourth-order valence-corrected chi connectivity index (χ4v) is 6.90.